The lowest BCUT2D eigenvalue weighted by atomic mass is 10.1. The van der Waals surface area contributed by atoms with E-state index in [1.165, 1.54) is 4.88 Å². The van der Waals surface area contributed by atoms with Gasteiger partial charge in [-0.05, 0) is 11.4 Å². The van der Waals surface area contributed by atoms with Crippen molar-refractivity contribution >= 4 is 11.3 Å². The van der Waals surface area contributed by atoms with Gasteiger partial charge in [-0.1, -0.05) is 13.0 Å². The lowest BCUT2D eigenvalue weighted by Crippen LogP contribution is -2.09. The lowest BCUT2D eigenvalue weighted by molar-refractivity contribution is 0.507. The van der Waals surface area contributed by atoms with E-state index >= 15 is 0 Å². The smallest absolute Gasteiger partial charge is 0.199 e. The molecule has 0 aliphatic carbocycles. The first kappa shape index (κ1) is 10.4. The van der Waals surface area contributed by atoms with E-state index in [1.54, 1.807) is 17.6 Å². The third kappa shape index (κ3) is 2.46. The fourth-order valence-corrected chi connectivity index (χ4v) is 2.01. The Kier molecular flexibility index (Phi) is 3.18. The standard InChI is InChI=1S/C11H14N2OS/c1-8(6-12)10-7-14-11(13-10)5-9-3-2-4-15-9/h2-4,7-8H,5-6,12H2,1H3. The summed E-state index contributed by atoms with van der Waals surface area (Å²) in [7, 11) is 0. The number of nitrogens with zero attached hydrogens (tertiary/aromatic N) is 1. The maximum absolute atomic E-state index is 5.57. The van der Waals surface area contributed by atoms with Gasteiger partial charge in [-0.15, -0.1) is 11.3 Å². The van der Waals surface area contributed by atoms with Crippen LogP contribution < -0.4 is 5.73 Å². The molecule has 0 fully saturated rings. The number of rotatable bonds is 4. The summed E-state index contributed by atoms with van der Waals surface area (Å²) in [6, 6.07) is 4.12. The van der Waals surface area contributed by atoms with Gasteiger partial charge >= 0.3 is 0 Å². The number of aromatic nitrogens is 1. The van der Waals surface area contributed by atoms with Crippen LogP contribution in [0.2, 0.25) is 0 Å². The van der Waals surface area contributed by atoms with Gasteiger partial charge in [0, 0.05) is 17.3 Å². The van der Waals surface area contributed by atoms with Crippen LogP contribution in [0.15, 0.2) is 28.2 Å². The molecule has 0 amide bonds. The highest BCUT2D eigenvalue weighted by Crippen LogP contribution is 2.17. The second kappa shape index (κ2) is 4.59. The van der Waals surface area contributed by atoms with E-state index in [4.69, 9.17) is 10.2 Å². The largest absolute Gasteiger partial charge is 0.448 e. The van der Waals surface area contributed by atoms with Crippen molar-refractivity contribution in [2.24, 2.45) is 5.73 Å². The van der Waals surface area contributed by atoms with Crippen molar-refractivity contribution in [3.63, 3.8) is 0 Å². The molecule has 2 aromatic rings. The molecular formula is C11H14N2OS. The summed E-state index contributed by atoms with van der Waals surface area (Å²) < 4.78 is 5.40. The normalized spacial score (nSPS) is 12.9. The van der Waals surface area contributed by atoms with Gasteiger partial charge in [0.25, 0.3) is 0 Å². The second-order valence-electron chi connectivity index (χ2n) is 3.56. The molecule has 0 saturated carbocycles. The van der Waals surface area contributed by atoms with Crippen LogP contribution in [0.3, 0.4) is 0 Å². The molecule has 0 bridgehead atoms. The molecule has 4 heteroatoms. The van der Waals surface area contributed by atoms with Crippen molar-refractivity contribution in [2.45, 2.75) is 19.3 Å². The van der Waals surface area contributed by atoms with E-state index in [1.807, 2.05) is 13.0 Å². The highest BCUT2D eigenvalue weighted by atomic mass is 32.1. The number of hydrogen-bond donors (Lipinski definition) is 1. The highest BCUT2D eigenvalue weighted by molar-refractivity contribution is 7.09. The lowest BCUT2D eigenvalue weighted by Gasteiger charge is -2.00. The summed E-state index contributed by atoms with van der Waals surface area (Å²) in [5.74, 6) is 1.04. The minimum atomic E-state index is 0.269. The highest BCUT2D eigenvalue weighted by Gasteiger charge is 2.10. The zero-order valence-electron chi connectivity index (χ0n) is 8.64. The first-order valence-electron chi connectivity index (χ1n) is 4.96. The third-order valence-corrected chi connectivity index (χ3v) is 3.21. The van der Waals surface area contributed by atoms with E-state index in [9.17, 15) is 0 Å². The van der Waals surface area contributed by atoms with Gasteiger partial charge in [0.2, 0.25) is 0 Å². The fourth-order valence-electron chi connectivity index (χ4n) is 1.32. The first-order valence-corrected chi connectivity index (χ1v) is 5.84. The van der Waals surface area contributed by atoms with Crippen molar-refractivity contribution in [3.05, 3.63) is 40.2 Å². The number of nitrogens with two attached hydrogens (primary N) is 1. The Balaban J connectivity index is 2.07. The molecule has 1 unspecified atom stereocenters. The zero-order valence-corrected chi connectivity index (χ0v) is 9.46. The predicted molar refractivity (Wildman–Crippen MR) is 61.1 cm³/mol. The first-order chi connectivity index (χ1) is 7.29. The molecule has 0 spiro atoms. The molecule has 0 aromatic carbocycles. The summed E-state index contributed by atoms with van der Waals surface area (Å²) in [4.78, 5) is 5.68. The Morgan fingerprint density at radius 3 is 3.13 bits per heavy atom. The molecule has 2 N–H and O–H groups in total. The molecule has 3 nitrogen and oxygen atoms in total. The van der Waals surface area contributed by atoms with Crippen LogP contribution in [0.5, 0.6) is 0 Å². The molecule has 2 heterocycles. The van der Waals surface area contributed by atoms with Crippen LogP contribution in [0.25, 0.3) is 0 Å². The van der Waals surface area contributed by atoms with Gasteiger partial charge in [-0.2, -0.15) is 0 Å². The Morgan fingerprint density at radius 2 is 2.47 bits per heavy atom. The van der Waals surface area contributed by atoms with Crippen LogP contribution in [0.1, 0.15) is 29.3 Å². The molecule has 2 rings (SSSR count). The molecule has 80 valence electrons. The van der Waals surface area contributed by atoms with E-state index in [0.717, 1.165) is 18.0 Å². The van der Waals surface area contributed by atoms with Gasteiger partial charge in [-0.25, -0.2) is 4.98 Å². The molecule has 15 heavy (non-hydrogen) atoms. The SMILES string of the molecule is CC(CN)c1coc(Cc2cccs2)n1. The summed E-state index contributed by atoms with van der Waals surface area (Å²) in [5.41, 5.74) is 6.52. The van der Waals surface area contributed by atoms with E-state index < -0.39 is 0 Å². The Labute approximate surface area is 92.9 Å². The monoisotopic (exact) mass is 222 g/mol. The zero-order chi connectivity index (χ0) is 10.7. The van der Waals surface area contributed by atoms with Crippen molar-refractivity contribution in [1.29, 1.82) is 0 Å². The Morgan fingerprint density at radius 1 is 1.60 bits per heavy atom. The van der Waals surface area contributed by atoms with Gasteiger partial charge in [0.05, 0.1) is 12.1 Å². The van der Waals surface area contributed by atoms with Crippen LogP contribution in [-0.2, 0) is 6.42 Å². The van der Waals surface area contributed by atoms with Gasteiger partial charge in [0.1, 0.15) is 6.26 Å². The van der Waals surface area contributed by atoms with Crippen LogP contribution in [0.4, 0.5) is 0 Å². The average molecular weight is 222 g/mol. The minimum absolute atomic E-state index is 0.269. The molecule has 0 saturated heterocycles. The van der Waals surface area contributed by atoms with Crippen LogP contribution in [-0.4, -0.2) is 11.5 Å². The molecule has 0 aliphatic rings. The quantitative estimate of drug-likeness (QED) is 0.864. The van der Waals surface area contributed by atoms with Gasteiger partial charge in [0.15, 0.2) is 5.89 Å². The maximum atomic E-state index is 5.57. The van der Waals surface area contributed by atoms with Crippen molar-refractivity contribution in [3.8, 4) is 0 Å². The molecule has 0 radical (unpaired) electrons. The predicted octanol–water partition coefficient (Wildman–Crippen LogP) is 2.39. The van der Waals surface area contributed by atoms with Gasteiger partial charge in [-0.3, -0.25) is 0 Å². The number of thiophene rings is 1. The van der Waals surface area contributed by atoms with E-state index in [2.05, 4.69) is 16.4 Å². The summed E-state index contributed by atoms with van der Waals surface area (Å²) in [6.07, 6.45) is 2.48. The third-order valence-electron chi connectivity index (χ3n) is 2.33. The molecule has 1 atom stereocenters. The second-order valence-corrected chi connectivity index (χ2v) is 4.59. The van der Waals surface area contributed by atoms with Crippen molar-refractivity contribution in [2.75, 3.05) is 6.54 Å². The number of hydrogen-bond acceptors (Lipinski definition) is 4. The van der Waals surface area contributed by atoms with Gasteiger partial charge < -0.3 is 10.2 Å². The van der Waals surface area contributed by atoms with Crippen LogP contribution in [0, 0.1) is 0 Å². The maximum Gasteiger partial charge on any atom is 0.199 e. The molecule has 0 aliphatic heterocycles. The fraction of sp³-hybridized carbons (Fsp3) is 0.364. The molecular weight excluding hydrogens is 208 g/mol. The van der Waals surface area contributed by atoms with E-state index in [-0.39, 0.29) is 5.92 Å². The van der Waals surface area contributed by atoms with Crippen molar-refractivity contribution < 1.29 is 4.42 Å². The Hall–Kier alpha value is -1.13. The van der Waals surface area contributed by atoms with Crippen molar-refractivity contribution in [1.82, 2.24) is 4.98 Å². The Bertz CT molecular complexity index is 408. The van der Waals surface area contributed by atoms with E-state index in [0.29, 0.717) is 6.54 Å². The topological polar surface area (TPSA) is 52.0 Å². The average Bonchev–Trinajstić information content (AvgIpc) is 2.88. The summed E-state index contributed by atoms with van der Waals surface area (Å²) in [6.45, 7) is 2.65. The summed E-state index contributed by atoms with van der Waals surface area (Å²) in [5, 5.41) is 2.06. The van der Waals surface area contributed by atoms with Crippen LogP contribution >= 0.6 is 11.3 Å². The number of oxazole rings is 1. The summed E-state index contributed by atoms with van der Waals surface area (Å²) >= 11 is 1.72. The minimum Gasteiger partial charge on any atom is -0.448 e. The molecule has 2 aromatic heterocycles.